The maximum atomic E-state index is 12.1. The first-order valence-electron chi connectivity index (χ1n) is 9.50. The number of halogens is 1. The molecule has 1 heterocycles. The second kappa shape index (κ2) is 10.6. The monoisotopic (exact) mass is 418 g/mol. The molecule has 0 radical (unpaired) electrons. The molecule has 0 unspecified atom stereocenters. The summed E-state index contributed by atoms with van der Waals surface area (Å²) in [7, 11) is 0. The van der Waals surface area contributed by atoms with Gasteiger partial charge in [-0.05, 0) is 36.1 Å². The molecular weight excluding hydrogens is 392 g/mol. The van der Waals surface area contributed by atoms with Gasteiger partial charge in [0.05, 0.1) is 6.21 Å². The minimum absolute atomic E-state index is 0.0341. The molecule has 0 atom stereocenters. The Balaban J connectivity index is 1.37. The molecule has 1 aliphatic rings. The van der Waals surface area contributed by atoms with E-state index in [0.717, 1.165) is 43.3 Å². The largest absolute Gasteiger partial charge is 0.322 e. The molecule has 0 spiro atoms. The van der Waals surface area contributed by atoms with Gasteiger partial charge >= 0.3 is 0 Å². The number of amides is 1. The Morgan fingerprint density at radius 1 is 1.07 bits per heavy atom. The first-order chi connectivity index (χ1) is 13.6. The summed E-state index contributed by atoms with van der Waals surface area (Å²) in [6, 6.07) is 16.2. The molecule has 7 heteroatoms. The van der Waals surface area contributed by atoms with Crippen LogP contribution in [-0.2, 0) is 11.3 Å². The number of benzene rings is 2. The van der Waals surface area contributed by atoms with Crippen molar-refractivity contribution in [3.05, 3.63) is 64.7 Å². The number of thioether (sulfide) groups is 1. The molecule has 0 aromatic heterocycles. The molecule has 5 nitrogen and oxygen atoms in total. The Morgan fingerprint density at radius 2 is 1.71 bits per heavy atom. The van der Waals surface area contributed by atoms with Crippen LogP contribution in [0.5, 0.6) is 0 Å². The lowest BCUT2D eigenvalue weighted by Gasteiger charge is -2.29. The average molecular weight is 419 g/mol. The number of carbonyl (C=O) groups excluding carboxylic acids is 1. The number of piperazine rings is 1. The summed E-state index contributed by atoms with van der Waals surface area (Å²) in [6.45, 7) is 5.60. The number of hydrazone groups is 1. The van der Waals surface area contributed by atoms with Gasteiger partial charge in [-0.3, -0.25) is 4.79 Å². The van der Waals surface area contributed by atoms with E-state index in [1.807, 2.05) is 42.7 Å². The highest BCUT2D eigenvalue weighted by Crippen LogP contribution is 2.13. The van der Waals surface area contributed by atoms with Gasteiger partial charge in [-0.1, -0.05) is 35.9 Å². The number of nitrogens with one attached hydrogen (secondary N) is 3. The van der Waals surface area contributed by atoms with E-state index in [2.05, 4.69) is 22.7 Å². The third kappa shape index (κ3) is 6.63. The summed E-state index contributed by atoms with van der Waals surface area (Å²) >= 11 is 7.65. The van der Waals surface area contributed by atoms with Gasteiger partial charge in [0.15, 0.2) is 6.54 Å². The lowest BCUT2D eigenvalue weighted by molar-refractivity contribution is -1.02. The van der Waals surface area contributed by atoms with E-state index in [9.17, 15) is 4.79 Å². The smallest absolute Gasteiger partial charge is 0.295 e. The summed E-state index contributed by atoms with van der Waals surface area (Å²) in [5.74, 6) is -0.0341. The first kappa shape index (κ1) is 20.9. The standard InChI is InChI=1S/C21H25ClN4OS/c1-28-20-8-4-17(5-9-20)14-23-24-21(27)16-26-12-10-25(11-13-26)15-18-2-6-19(22)7-3-18/h2-9,14H,10-13,15-16H2,1H3,(H,24,27)/p+2/b23-14-. The second-order valence-corrected chi connectivity index (χ2v) is 8.36. The highest BCUT2D eigenvalue weighted by molar-refractivity contribution is 7.98. The molecule has 3 rings (SSSR count). The molecule has 148 valence electrons. The van der Waals surface area contributed by atoms with Crippen LogP contribution in [0.25, 0.3) is 0 Å². The molecule has 2 aromatic rings. The second-order valence-electron chi connectivity index (χ2n) is 7.05. The van der Waals surface area contributed by atoms with E-state index in [1.165, 1.54) is 15.4 Å². The zero-order valence-corrected chi connectivity index (χ0v) is 17.7. The molecular formula is C21H27ClN4OS+2. The van der Waals surface area contributed by atoms with E-state index in [1.54, 1.807) is 22.9 Å². The number of carbonyl (C=O) groups is 1. The van der Waals surface area contributed by atoms with Gasteiger partial charge in [0.25, 0.3) is 5.91 Å². The van der Waals surface area contributed by atoms with E-state index in [4.69, 9.17) is 11.6 Å². The van der Waals surface area contributed by atoms with E-state index in [0.29, 0.717) is 6.54 Å². The molecule has 1 fully saturated rings. The Hall–Kier alpha value is -1.86. The average Bonchev–Trinajstić information content (AvgIpc) is 2.72. The van der Waals surface area contributed by atoms with Gasteiger partial charge < -0.3 is 9.80 Å². The number of hydrogen-bond donors (Lipinski definition) is 3. The summed E-state index contributed by atoms with van der Waals surface area (Å²) in [4.78, 5) is 16.2. The van der Waals surface area contributed by atoms with Crippen LogP contribution in [-0.4, -0.2) is 51.1 Å². The molecule has 0 saturated carbocycles. The summed E-state index contributed by atoms with van der Waals surface area (Å²) in [5.41, 5.74) is 4.93. The van der Waals surface area contributed by atoms with Gasteiger partial charge in [-0.2, -0.15) is 5.10 Å². The van der Waals surface area contributed by atoms with Gasteiger partial charge in [0.1, 0.15) is 32.7 Å². The lowest BCUT2D eigenvalue weighted by atomic mass is 10.2. The minimum Gasteiger partial charge on any atom is -0.322 e. The molecule has 3 N–H and O–H groups in total. The summed E-state index contributed by atoms with van der Waals surface area (Å²) in [5, 5.41) is 4.86. The Bertz CT molecular complexity index is 787. The zero-order valence-electron chi connectivity index (χ0n) is 16.1. The van der Waals surface area contributed by atoms with Crippen LogP contribution >= 0.6 is 23.4 Å². The summed E-state index contributed by atoms with van der Waals surface area (Å²) in [6.07, 6.45) is 3.73. The van der Waals surface area contributed by atoms with Crippen molar-refractivity contribution in [2.75, 3.05) is 39.0 Å². The van der Waals surface area contributed by atoms with Gasteiger partial charge in [-0.15, -0.1) is 11.8 Å². The van der Waals surface area contributed by atoms with Crippen LogP contribution in [0.1, 0.15) is 11.1 Å². The SMILES string of the molecule is CSc1ccc(/C=N\NC(=O)C[NH+]2CC[NH+](Cc3ccc(Cl)cc3)CC2)cc1. The third-order valence-electron chi connectivity index (χ3n) is 4.96. The van der Waals surface area contributed by atoms with Crippen molar-refractivity contribution in [3.63, 3.8) is 0 Å². The fraction of sp³-hybridized carbons (Fsp3) is 0.333. The fourth-order valence-electron chi connectivity index (χ4n) is 3.34. The van der Waals surface area contributed by atoms with Gasteiger partial charge in [0.2, 0.25) is 0 Å². The van der Waals surface area contributed by atoms with Gasteiger partial charge in [0, 0.05) is 15.5 Å². The first-order valence-corrected chi connectivity index (χ1v) is 11.1. The number of nitrogens with zero attached hydrogens (tertiary/aromatic N) is 1. The Labute approximate surface area is 175 Å². The van der Waals surface area contributed by atoms with Crippen LogP contribution in [0.3, 0.4) is 0 Å². The molecule has 28 heavy (non-hydrogen) atoms. The Morgan fingerprint density at radius 3 is 2.36 bits per heavy atom. The molecule has 2 aromatic carbocycles. The lowest BCUT2D eigenvalue weighted by Crippen LogP contribution is -3.28. The number of hydrogen-bond acceptors (Lipinski definition) is 3. The van der Waals surface area contributed by atoms with Crippen molar-refractivity contribution in [1.29, 1.82) is 0 Å². The van der Waals surface area contributed by atoms with Crippen molar-refractivity contribution < 1.29 is 14.6 Å². The predicted molar refractivity (Wildman–Crippen MR) is 115 cm³/mol. The fourth-order valence-corrected chi connectivity index (χ4v) is 3.87. The van der Waals surface area contributed by atoms with E-state index in [-0.39, 0.29) is 5.91 Å². The topological polar surface area (TPSA) is 50.3 Å². The normalized spacial score (nSPS) is 19.6. The maximum absolute atomic E-state index is 12.1. The van der Waals surface area contributed by atoms with Crippen LogP contribution in [0.4, 0.5) is 0 Å². The third-order valence-corrected chi connectivity index (χ3v) is 5.96. The van der Waals surface area contributed by atoms with Crippen molar-refractivity contribution in [2.45, 2.75) is 11.4 Å². The van der Waals surface area contributed by atoms with Crippen molar-refractivity contribution >= 4 is 35.5 Å². The van der Waals surface area contributed by atoms with Crippen molar-refractivity contribution in [2.24, 2.45) is 5.10 Å². The van der Waals surface area contributed by atoms with Crippen LogP contribution in [0, 0.1) is 0 Å². The van der Waals surface area contributed by atoms with E-state index >= 15 is 0 Å². The molecule has 0 aliphatic carbocycles. The van der Waals surface area contributed by atoms with Crippen LogP contribution in [0.15, 0.2) is 58.5 Å². The predicted octanol–water partition coefficient (Wildman–Crippen LogP) is 0.496. The molecule has 1 saturated heterocycles. The highest BCUT2D eigenvalue weighted by atomic mass is 35.5. The summed E-state index contributed by atoms with van der Waals surface area (Å²) < 4.78 is 0. The number of rotatable bonds is 7. The zero-order chi connectivity index (χ0) is 19.8. The maximum Gasteiger partial charge on any atom is 0.295 e. The van der Waals surface area contributed by atoms with Crippen molar-refractivity contribution in [1.82, 2.24) is 5.43 Å². The minimum atomic E-state index is -0.0341. The molecule has 1 aliphatic heterocycles. The van der Waals surface area contributed by atoms with Gasteiger partial charge in [-0.25, -0.2) is 5.43 Å². The van der Waals surface area contributed by atoms with E-state index < -0.39 is 0 Å². The quantitative estimate of drug-likeness (QED) is 0.348. The van der Waals surface area contributed by atoms with Crippen LogP contribution in [0.2, 0.25) is 5.02 Å². The highest BCUT2D eigenvalue weighted by Gasteiger charge is 2.24. The number of quaternary nitrogens is 2. The Kier molecular flexibility index (Phi) is 7.91. The molecule has 1 amide bonds. The van der Waals surface area contributed by atoms with Crippen molar-refractivity contribution in [3.8, 4) is 0 Å². The van der Waals surface area contributed by atoms with Crippen LogP contribution < -0.4 is 15.2 Å². The molecule has 0 bridgehead atoms.